The summed E-state index contributed by atoms with van der Waals surface area (Å²) < 4.78 is 0. The molecule has 0 rings (SSSR count). The van der Waals surface area contributed by atoms with Crippen molar-refractivity contribution in [2.24, 2.45) is 0 Å². The summed E-state index contributed by atoms with van der Waals surface area (Å²) in [6.45, 7) is 0. The van der Waals surface area contributed by atoms with Gasteiger partial charge >= 0.3 is 88.7 Å². The van der Waals surface area contributed by atoms with Crippen LogP contribution in [0.15, 0.2) is 0 Å². The summed E-state index contributed by atoms with van der Waals surface area (Å²) in [6.07, 6.45) is 0. The van der Waals surface area contributed by atoms with E-state index in [4.69, 9.17) is 0 Å². The zero-order chi connectivity index (χ0) is 0. The summed E-state index contributed by atoms with van der Waals surface area (Å²) in [5.74, 6) is 0. The van der Waals surface area contributed by atoms with Crippen LogP contribution in [0, 0.1) is 0 Å². The maximum absolute atomic E-state index is 0. The van der Waals surface area contributed by atoms with Crippen molar-refractivity contribution in [2.45, 2.75) is 0 Å². The van der Waals surface area contributed by atoms with Crippen LogP contribution in [-0.2, 0) is 0 Å². The van der Waals surface area contributed by atoms with E-state index in [9.17, 15) is 0 Å². The Hall–Kier alpha value is 2.79. The molecule has 0 aliphatic heterocycles. The average molecular weight is 126 g/mol. The fourth-order valence-corrected chi connectivity index (χ4v) is 0. The topological polar surface area (TPSA) is 0 Å². The maximum atomic E-state index is 0. The molecule has 0 fully saturated rings. The maximum Gasteiger partial charge on any atom is 1.00 e. The molecule has 0 radical (unpaired) electrons. The van der Waals surface area contributed by atoms with Gasteiger partial charge in [0.25, 0.3) is 0 Å². The van der Waals surface area contributed by atoms with Gasteiger partial charge in [-0.15, -0.1) is 0 Å². The Morgan fingerprint density at radius 3 is 0.333 bits per heavy atom. The van der Waals surface area contributed by atoms with E-state index in [1.165, 1.54) is 0 Å². The zero-order valence-electron chi connectivity index (χ0n) is 4.13. The van der Waals surface area contributed by atoms with Crippen molar-refractivity contribution in [1.82, 2.24) is 0 Å². The summed E-state index contributed by atoms with van der Waals surface area (Å²) in [5, 5.41) is 0. The Morgan fingerprint density at radius 1 is 0.333 bits per heavy atom. The number of rotatable bonds is 0. The Kier molecular flexibility index (Phi) is 527. The number of halogens is 3. The van der Waals surface area contributed by atoms with E-state index >= 15 is 0 Å². The molecular weight excluding hydrogens is 126 g/mol. The first-order valence-electron chi connectivity index (χ1n) is 0. The molecule has 0 unspecified atom stereocenters. The van der Waals surface area contributed by atoms with Crippen molar-refractivity contribution in [1.29, 1.82) is 0 Å². The van der Waals surface area contributed by atoms with Gasteiger partial charge in [-0.1, -0.05) is 0 Å². The Balaban J connectivity index is 0. The molecule has 0 saturated heterocycles. The summed E-state index contributed by atoms with van der Waals surface area (Å²) in [6, 6.07) is 0. The quantitative estimate of drug-likeness (QED) is 0.283. The second kappa shape index (κ2) is 46.1. The van der Waals surface area contributed by atoms with Gasteiger partial charge < -0.3 is 14.1 Å². The second-order valence-corrected chi connectivity index (χ2v) is 0. The average Bonchev–Trinajstić information content (AvgIpc) is 0. The van der Waals surface area contributed by atoms with E-state index in [1.54, 1.807) is 0 Å². The number of hydrogen-bond donors (Lipinski definition) is 0. The molecule has 6 heteroatoms. The molecule has 0 aromatic rings. The minimum Gasteiger partial charge on any atom is -1.00 e. The normalized spacial score (nSPS) is 0. The van der Waals surface area contributed by atoms with Gasteiger partial charge in [0.2, 0.25) is 0 Å². The van der Waals surface area contributed by atoms with Gasteiger partial charge in [-0.25, -0.2) is 0 Å². The van der Waals surface area contributed by atoms with Gasteiger partial charge in [-0.3, -0.25) is 0 Å². The molecule has 0 aromatic heterocycles. The standard InChI is InChI=1S/3FH.3Na/h3*1H;;;/q;;;3*+1/p-3. The zero-order valence-corrected chi connectivity index (χ0v) is 10.1. The first-order chi connectivity index (χ1) is 0. The monoisotopic (exact) mass is 126 g/mol. The van der Waals surface area contributed by atoms with E-state index in [0.717, 1.165) is 0 Å². The van der Waals surface area contributed by atoms with Gasteiger partial charge in [-0.2, -0.15) is 0 Å². The van der Waals surface area contributed by atoms with Crippen LogP contribution in [0.5, 0.6) is 0 Å². The molecule has 0 atom stereocenters. The first kappa shape index (κ1) is 68.5. The first-order valence-corrected chi connectivity index (χ1v) is 0. The third kappa shape index (κ3) is 29.2. The van der Waals surface area contributed by atoms with Crippen LogP contribution in [0.25, 0.3) is 0 Å². The van der Waals surface area contributed by atoms with Crippen LogP contribution in [0.4, 0.5) is 0 Å². The fraction of sp³-hybridized carbons (Fsp3) is 0. The Bertz CT molecular complexity index is 6.00. The predicted molar refractivity (Wildman–Crippen MR) is 0 cm³/mol. The molecule has 0 aromatic carbocycles. The third-order valence-corrected chi connectivity index (χ3v) is 0. The third-order valence-electron chi connectivity index (χ3n) is 0. The van der Waals surface area contributed by atoms with Crippen molar-refractivity contribution < 1.29 is 103 Å². The SMILES string of the molecule is [F-].[F-].[F-].[Na+].[Na+].[Na+]. The van der Waals surface area contributed by atoms with Crippen molar-refractivity contribution in [3.63, 3.8) is 0 Å². The van der Waals surface area contributed by atoms with E-state index < -0.39 is 0 Å². The fourth-order valence-electron chi connectivity index (χ4n) is 0. The van der Waals surface area contributed by atoms with Crippen LogP contribution >= 0.6 is 0 Å². The molecule has 0 saturated carbocycles. The molecule has 24 valence electrons. The minimum absolute atomic E-state index is 0. The van der Waals surface area contributed by atoms with Crippen molar-refractivity contribution in [3.8, 4) is 0 Å². The molecule has 0 amide bonds. The summed E-state index contributed by atoms with van der Waals surface area (Å²) >= 11 is 0. The van der Waals surface area contributed by atoms with Gasteiger partial charge in [0.15, 0.2) is 0 Å². The van der Waals surface area contributed by atoms with Gasteiger partial charge in [0.05, 0.1) is 0 Å². The largest absolute Gasteiger partial charge is 1.00 e. The van der Waals surface area contributed by atoms with Gasteiger partial charge in [0, 0.05) is 0 Å². The predicted octanol–water partition coefficient (Wildman–Crippen LogP) is -18.0. The Morgan fingerprint density at radius 2 is 0.333 bits per heavy atom. The molecular formula is F3Na3. The molecule has 6 heavy (non-hydrogen) atoms. The molecule has 0 bridgehead atoms. The molecule has 0 spiro atoms. The molecule has 0 aliphatic rings. The second-order valence-electron chi connectivity index (χ2n) is 0. The van der Waals surface area contributed by atoms with Crippen molar-refractivity contribution in [3.05, 3.63) is 0 Å². The molecule has 0 aliphatic carbocycles. The van der Waals surface area contributed by atoms with Crippen LogP contribution in [0.3, 0.4) is 0 Å². The van der Waals surface area contributed by atoms with Crippen molar-refractivity contribution >= 4 is 0 Å². The Labute approximate surface area is 101 Å². The van der Waals surface area contributed by atoms with E-state index in [-0.39, 0.29) is 103 Å². The van der Waals surface area contributed by atoms with Crippen LogP contribution < -0.4 is 103 Å². The van der Waals surface area contributed by atoms with E-state index in [1.807, 2.05) is 0 Å². The van der Waals surface area contributed by atoms with E-state index in [0.29, 0.717) is 0 Å². The summed E-state index contributed by atoms with van der Waals surface area (Å²) in [5.41, 5.74) is 0. The minimum atomic E-state index is 0. The van der Waals surface area contributed by atoms with Crippen molar-refractivity contribution in [2.75, 3.05) is 0 Å². The molecule has 0 heterocycles. The van der Waals surface area contributed by atoms with Crippen LogP contribution in [0.2, 0.25) is 0 Å². The van der Waals surface area contributed by atoms with Gasteiger partial charge in [-0.05, 0) is 0 Å². The number of hydrogen-bond acceptors (Lipinski definition) is 0. The summed E-state index contributed by atoms with van der Waals surface area (Å²) in [4.78, 5) is 0. The molecule has 0 nitrogen and oxygen atoms in total. The summed E-state index contributed by atoms with van der Waals surface area (Å²) in [7, 11) is 0. The van der Waals surface area contributed by atoms with Crippen LogP contribution in [0.1, 0.15) is 0 Å². The van der Waals surface area contributed by atoms with Gasteiger partial charge in [0.1, 0.15) is 0 Å². The smallest absolute Gasteiger partial charge is 1.00 e. The van der Waals surface area contributed by atoms with Crippen LogP contribution in [-0.4, -0.2) is 0 Å². The van der Waals surface area contributed by atoms with E-state index in [2.05, 4.69) is 0 Å². The molecule has 0 N–H and O–H groups in total.